The lowest BCUT2D eigenvalue weighted by molar-refractivity contribution is 1.48. The van der Waals surface area contributed by atoms with Crippen molar-refractivity contribution in [1.82, 2.24) is 0 Å². The van der Waals surface area contributed by atoms with Crippen molar-refractivity contribution < 1.29 is 0 Å². The van der Waals surface area contributed by atoms with Gasteiger partial charge in [0.2, 0.25) is 0 Å². The van der Waals surface area contributed by atoms with Gasteiger partial charge in [-0.3, -0.25) is 0 Å². The maximum atomic E-state index is 2.35. The van der Waals surface area contributed by atoms with Crippen LogP contribution in [0.3, 0.4) is 0 Å². The number of rotatable bonds is 0. The molecule has 0 N–H and O–H groups in total. The van der Waals surface area contributed by atoms with Gasteiger partial charge in [0.25, 0.3) is 0 Å². The van der Waals surface area contributed by atoms with Crippen molar-refractivity contribution in [1.29, 1.82) is 0 Å². The van der Waals surface area contributed by atoms with Crippen molar-refractivity contribution >= 4 is 32.3 Å². The van der Waals surface area contributed by atoms with E-state index in [0.29, 0.717) is 0 Å². The fourth-order valence-electron chi connectivity index (χ4n) is 3.35. The lowest BCUT2D eigenvalue weighted by Crippen LogP contribution is -1.89. The Labute approximate surface area is 113 Å². The molecule has 0 aliphatic heterocycles. The van der Waals surface area contributed by atoms with Gasteiger partial charge in [-0.2, -0.15) is 0 Å². The predicted molar refractivity (Wildman–Crippen MR) is 84.4 cm³/mol. The Bertz CT molecular complexity index is 929. The van der Waals surface area contributed by atoms with Crippen molar-refractivity contribution in [3.05, 3.63) is 59.2 Å². The molecule has 0 bridgehead atoms. The first-order chi connectivity index (χ1) is 9.15. The first-order valence-corrected chi connectivity index (χ1v) is 6.80. The van der Waals surface area contributed by atoms with Crippen LogP contribution in [-0.4, -0.2) is 0 Å². The summed E-state index contributed by atoms with van der Waals surface area (Å²) >= 11 is 0. The molecule has 4 rings (SSSR count). The van der Waals surface area contributed by atoms with Crippen LogP contribution >= 0.6 is 0 Å². The molecule has 0 saturated carbocycles. The number of aryl methyl sites for hydroxylation is 3. The van der Waals surface area contributed by atoms with E-state index in [4.69, 9.17) is 0 Å². The first-order valence-electron chi connectivity index (χ1n) is 6.80. The molecule has 92 valence electrons. The standard InChI is InChI=1S/C19H16/c1-11-8-15-7-6-14-5-4-12(2)17-10-13(3)16(9-11)19(15)18(14)17/h4-10H,1-3H3. The molecule has 0 saturated heterocycles. The summed E-state index contributed by atoms with van der Waals surface area (Å²) in [6.45, 7) is 6.61. The van der Waals surface area contributed by atoms with Crippen molar-refractivity contribution in [2.75, 3.05) is 0 Å². The largest absolute Gasteiger partial charge is 0.0581 e. The zero-order valence-electron chi connectivity index (χ0n) is 11.5. The highest BCUT2D eigenvalue weighted by Gasteiger charge is 2.11. The van der Waals surface area contributed by atoms with E-state index in [0.717, 1.165) is 0 Å². The second-order valence-electron chi connectivity index (χ2n) is 5.70. The molecule has 0 unspecified atom stereocenters. The molecule has 0 aliphatic rings. The van der Waals surface area contributed by atoms with Gasteiger partial charge in [-0.1, -0.05) is 42.5 Å². The third kappa shape index (κ3) is 1.34. The summed E-state index contributed by atoms with van der Waals surface area (Å²) in [6, 6.07) is 15.9. The van der Waals surface area contributed by atoms with E-state index in [1.54, 1.807) is 0 Å². The summed E-state index contributed by atoms with van der Waals surface area (Å²) in [5.41, 5.74) is 4.08. The Morgan fingerprint density at radius 3 is 2.05 bits per heavy atom. The average molecular weight is 244 g/mol. The second-order valence-corrected chi connectivity index (χ2v) is 5.70. The van der Waals surface area contributed by atoms with E-state index in [9.17, 15) is 0 Å². The van der Waals surface area contributed by atoms with Crippen molar-refractivity contribution in [2.24, 2.45) is 0 Å². The first kappa shape index (κ1) is 10.8. The topological polar surface area (TPSA) is 0 Å². The lowest BCUT2D eigenvalue weighted by atomic mass is 9.89. The molecule has 0 spiro atoms. The molecule has 0 heteroatoms. The molecule has 0 fully saturated rings. The summed E-state index contributed by atoms with van der Waals surface area (Å²) in [4.78, 5) is 0. The van der Waals surface area contributed by atoms with E-state index in [2.05, 4.69) is 63.2 Å². The molecule has 0 amide bonds. The van der Waals surface area contributed by atoms with Gasteiger partial charge in [-0.25, -0.2) is 0 Å². The van der Waals surface area contributed by atoms with Crippen molar-refractivity contribution in [2.45, 2.75) is 20.8 Å². The number of hydrogen-bond donors (Lipinski definition) is 0. The summed E-state index contributed by atoms with van der Waals surface area (Å²) in [5.74, 6) is 0. The SMILES string of the molecule is Cc1cc2ccc3ccc(C)c4cc(C)c(c1)c2c34. The van der Waals surface area contributed by atoms with Gasteiger partial charge in [0.1, 0.15) is 0 Å². The highest BCUT2D eigenvalue weighted by Crippen LogP contribution is 2.38. The normalized spacial score (nSPS) is 11.9. The second kappa shape index (κ2) is 3.48. The van der Waals surface area contributed by atoms with Crippen LogP contribution in [-0.2, 0) is 0 Å². The molecule has 19 heavy (non-hydrogen) atoms. The predicted octanol–water partition coefficient (Wildman–Crippen LogP) is 5.51. The molecule has 0 nitrogen and oxygen atoms in total. The van der Waals surface area contributed by atoms with E-state index in [1.807, 2.05) is 0 Å². The summed E-state index contributed by atoms with van der Waals surface area (Å²) < 4.78 is 0. The van der Waals surface area contributed by atoms with E-state index in [-0.39, 0.29) is 0 Å². The molecular weight excluding hydrogens is 228 g/mol. The molecule has 0 heterocycles. The number of hydrogen-bond acceptors (Lipinski definition) is 0. The van der Waals surface area contributed by atoms with Crippen LogP contribution in [0.15, 0.2) is 42.5 Å². The molecule has 4 aromatic rings. The van der Waals surface area contributed by atoms with Crippen LogP contribution in [0.25, 0.3) is 32.3 Å². The maximum Gasteiger partial charge on any atom is -0.00238 e. The van der Waals surface area contributed by atoms with Crippen molar-refractivity contribution in [3.8, 4) is 0 Å². The Morgan fingerprint density at radius 2 is 1.21 bits per heavy atom. The Hall–Kier alpha value is -2.08. The van der Waals surface area contributed by atoms with E-state index < -0.39 is 0 Å². The highest BCUT2D eigenvalue weighted by atomic mass is 14.1. The van der Waals surface area contributed by atoms with Crippen LogP contribution < -0.4 is 0 Å². The molecule has 0 aliphatic carbocycles. The minimum Gasteiger partial charge on any atom is -0.0581 e. The van der Waals surface area contributed by atoms with Gasteiger partial charge < -0.3 is 0 Å². The van der Waals surface area contributed by atoms with Crippen LogP contribution in [0, 0.1) is 20.8 Å². The van der Waals surface area contributed by atoms with Gasteiger partial charge in [0, 0.05) is 0 Å². The van der Waals surface area contributed by atoms with E-state index in [1.165, 1.54) is 49.0 Å². The fraction of sp³-hybridized carbons (Fsp3) is 0.158. The smallest absolute Gasteiger partial charge is 0.00238 e. The van der Waals surface area contributed by atoms with Gasteiger partial charge in [-0.05, 0) is 69.8 Å². The van der Waals surface area contributed by atoms with Crippen LogP contribution in [0.5, 0.6) is 0 Å². The van der Waals surface area contributed by atoms with Crippen LogP contribution in [0.1, 0.15) is 16.7 Å². The van der Waals surface area contributed by atoms with Crippen LogP contribution in [0.4, 0.5) is 0 Å². The van der Waals surface area contributed by atoms with E-state index >= 15 is 0 Å². The third-order valence-electron chi connectivity index (χ3n) is 4.29. The fourth-order valence-corrected chi connectivity index (χ4v) is 3.35. The van der Waals surface area contributed by atoms with Gasteiger partial charge in [0.05, 0.1) is 0 Å². The molecule has 0 atom stereocenters. The van der Waals surface area contributed by atoms with Crippen LogP contribution in [0.2, 0.25) is 0 Å². The summed E-state index contributed by atoms with van der Waals surface area (Å²) in [6.07, 6.45) is 0. The molecular formula is C19H16. The quantitative estimate of drug-likeness (QED) is 0.358. The minimum absolute atomic E-state index is 1.34. The third-order valence-corrected chi connectivity index (χ3v) is 4.29. The van der Waals surface area contributed by atoms with Gasteiger partial charge in [0.15, 0.2) is 0 Å². The monoisotopic (exact) mass is 244 g/mol. The summed E-state index contributed by atoms with van der Waals surface area (Å²) in [7, 11) is 0. The lowest BCUT2D eigenvalue weighted by Gasteiger charge is -2.15. The zero-order chi connectivity index (χ0) is 13.1. The molecule has 0 aromatic heterocycles. The molecule has 4 aromatic carbocycles. The van der Waals surface area contributed by atoms with Gasteiger partial charge >= 0.3 is 0 Å². The number of benzene rings is 4. The highest BCUT2D eigenvalue weighted by molar-refractivity contribution is 6.24. The zero-order valence-corrected chi connectivity index (χ0v) is 11.5. The summed E-state index contributed by atoms with van der Waals surface area (Å²) in [5, 5.41) is 8.37. The Balaban J connectivity index is 2.46. The van der Waals surface area contributed by atoms with Crippen molar-refractivity contribution in [3.63, 3.8) is 0 Å². The maximum absolute atomic E-state index is 2.35. The Morgan fingerprint density at radius 1 is 0.579 bits per heavy atom. The van der Waals surface area contributed by atoms with Gasteiger partial charge in [-0.15, -0.1) is 0 Å². The Kier molecular flexibility index (Phi) is 1.98. The molecule has 0 radical (unpaired) electrons. The average Bonchev–Trinajstić information content (AvgIpc) is 2.39. The minimum atomic E-state index is 1.34.